The number of aliphatic hydroxyl groups is 1. The predicted molar refractivity (Wildman–Crippen MR) is 167 cm³/mol. The number of hydrogen-bond donors (Lipinski definition) is 2. The molecule has 0 saturated carbocycles. The Morgan fingerprint density at radius 1 is 1.13 bits per heavy atom. The van der Waals surface area contributed by atoms with Crippen LogP contribution in [-0.4, -0.2) is 86.3 Å². The first kappa shape index (κ1) is 29.3. The molecule has 0 bridgehead atoms. The van der Waals surface area contributed by atoms with Gasteiger partial charge in [-0.15, -0.1) is 0 Å². The molecule has 8 rings (SSSR count). The van der Waals surface area contributed by atoms with Crippen LogP contribution in [0.15, 0.2) is 30.8 Å². The second-order valence-electron chi connectivity index (χ2n) is 13.2. The number of phenols is 1. The average Bonchev–Trinajstić information content (AvgIpc) is 3.49. The predicted octanol–water partition coefficient (Wildman–Crippen LogP) is 5.54. The molecule has 3 fully saturated rings. The number of nitrogens with zero attached hydrogens (tertiary/aromatic N) is 5. The van der Waals surface area contributed by atoms with Crippen molar-refractivity contribution in [2.45, 2.75) is 62.4 Å². The van der Waals surface area contributed by atoms with Gasteiger partial charge in [-0.2, -0.15) is 9.97 Å². The summed E-state index contributed by atoms with van der Waals surface area (Å²) >= 11 is 0. The zero-order valence-electron chi connectivity index (χ0n) is 25.4. The van der Waals surface area contributed by atoms with Crippen LogP contribution < -0.4 is 14.4 Å². The highest BCUT2D eigenvalue weighted by molar-refractivity contribution is 6.05. The van der Waals surface area contributed by atoms with Crippen LogP contribution in [-0.2, 0) is 0 Å². The molecule has 4 aliphatic heterocycles. The lowest BCUT2D eigenvalue weighted by molar-refractivity contribution is -0.00713. The Morgan fingerprint density at radius 2 is 1.96 bits per heavy atom. The third-order valence-electron chi connectivity index (χ3n) is 10.3. The maximum absolute atomic E-state index is 17.0. The van der Waals surface area contributed by atoms with Gasteiger partial charge in [0.1, 0.15) is 53.4 Å². The van der Waals surface area contributed by atoms with Gasteiger partial charge in [0.25, 0.3) is 0 Å². The first-order valence-electron chi connectivity index (χ1n) is 15.7. The Balaban J connectivity index is 1.34. The number of fused-ring (bicyclic) bond motifs is 4. The molecule has 0 amide bonds. The van der Waals surface area contributed by atoms with E-state index in [1.54, 1.807) is 6.92 Å². The first-order valence-corrected chi connectivity index (χ1v) is 15.7. The third kappa shape index (κ3) is 4.40. The average molecular weight is 634 g/mol. The quantitative estimate of drug-likeness (QED) is 0.293. The summed E-state index contributed by atoms with van der Waals surface area (Å²) in [6.45, 7) is 7.34. The molecule has 4 aliphatic rings. The van der Waals surface area contributed by atoms with Gasteiger partial charge in [0.2, 0.25) is 5.88 Å². The minimum Gasteiger partial charge on any atom is -0.508 e. The van der Waals surface area contributed by atoms with E-state index in [9.17, 15) is 19.0 Å². The first-order chi connectivity index (χ1) is 22.1. The Hall–Kier alpha value is -4.16. The molecule has 0 spiro atoms. The summed E-state index contributed by atoms with van der Waals surface area (Å²) in [6, 6.07) is 4.92. The maximum Gasteiger partial charge on any atom is 0.319 e. The number of anilines is 1. The molecule has 0 unspecified atom stereocenters. The van der Waals surface area contributed by atoms with Gasteiger partial charge in [-0.1, -0.05) is 18.7 Å². The molecule has 6 heterocycles. The van der Waals surface area contributed by atoms with Crippen LogP contribution in [0.25, 0.3) is 39.0 Å². The summed E-state index contributed by atoms with van der Waals surface area (Å²) in [4.78, 5) is 17.9. The molecule has 46 heavy (non-hydrogen) atoms. The van der Waals surface area contributed by atoms with Gasteiger partial charge < -0.3 is 24.6 Å². The second-order valence-corrected chi connectivity index (χ2v) is 13.2. The van der Waals surface area contributed by atoms with Crippen LogP contribution >= 0.6 is 0 Å². The lowest BCUT2D eigenvalue weighted by Crippen LogP contribution is -2.58. The molecule has 240 valence electrons. The topological polar surface area (TPSA) is 104 Å². The summed E-state index contributed by atoms with van der Waals surface area (Å²) in [5.41, 5.74) is -1.71. The number of benzene rings is 2. The molecule has 2 N–H and O–H groups in total. The fraction of sp³-hybridized carbons (Fsp3) is 0.441. The van der Waals surface area contributed by atoms with Crippen molar-refractivity contribution in [3.8, 4) is 28.9 Å². The van der Waals surface area contributed by atoms with E-state index >= 15 is 4.39 Å². The highest BCUT2D eigenvalue weighted by Gasteiger charge is 2.50. The molecule has 4 atom stereocenters. The minimum absolute atomic E-state index is 0.0377. The third-order valence-corrected chi connectivity index (χ3v) is 10.3. The van der Waals surface area contributed by atoms with Crippen molar-refractivity contribution in [3.63, 3.8) is 0 Å². The van der Waals surface area contributed by atoms with Gasteiger partial charge in [-0.05, 0) is 62.7 Å². The smallest absolute Gasteiger partial charge is 0.319 e. The lowest BCUT2D eigenvalue weighted by atomic mass is 9.86. The highest BCUT2D eigenvalue weighted by Crippen LogP contribution is 2.46. The number of aromatic hydroxyl groups is 1. The molecular weight excluding hydrogens is 599 g/mol. The number of halogens is 3. The van der Waals surface area contributed by atoms with Gasteiger partial charge in [0, 0.05) is 36.0 Å². The van der Waals surface area contributed by atoms with Crippen molar-refractivity contribution in [3.05, 3.63) is 48.0 Å². The number of alkyl halides is 1. The summed E-state index contributed by atoms with van der Waals surface area (Å²) < 4.78 is 58.9. The van der Waals surface area contributed by atoms with Crippen molar-refractivity contribution in [2.75, 3.05) is 37.7 Å². The van der Waals surface area contributed by atoms with Gasteiger partial charge in [-0.3, -0.25) is 4.90 Å². The van der Waals surface area contributed by atoms with Crippen molar-refractivity contribution < 1.29 is 32.9 Å². The van der Waals surface area contributed by atoms with Crippen molar-refractivity contribution in [1.29, 1.82) is 0 Å². The van der Waals surface area contributed by atoms with Crippen LogP contribution in [0.2, 0.25) is 0 Å². The summed E-state index contributed by atoms with van der Waals surface area (Å²) in [5.74, 6) is -1.20. The normalized spacial score (nSPS) is 27.4. The second kappa shape index (κ2) is 10.4. The van der Waals surface area contributed by atoms with E-state index in [-0.39, 0.29) is 58.6 Å². The van der Waals surface area contributed by atoms with Crippen LogP contribution in [0.3, 0.4) is 0 Å². The zero-order chi connectivity index (χ0) is 32.0. The number of hydrogen-bond acceptors (Lipinski definition) is 9. The van der Waals surface area contributed by atoms with E-state index in [2.05, 4.69) is 21.4 Å². The minimum atomic E-state index is -1.14. The van der Waals surface area contributed by atoms with E-state index in [1.807, 2.05) is 4.90 Å². The van der Waals surface area contributed by atoms with Crippen molar-refractivity contribution in [1.82, 2.24) is 19.9 Å². The van der Waals surface area contributed by atoms with Gasteiger partial charge in [-0.25, -0.2) is 18.2 Å². The Kier molecular flexibility index (Phi) is 6.63. The molecule has 2 aromatic heterocycles. The number of pyridine rings is 1. The van der Waals surface area contributed by atoms with Crippen LogP contribution in [0, 0.1) is 11.6 Å². The molecule has 9 nitrogen and oxygen atoms in total. The van der Waals surface area contributed by atoms with Crippen LogP contribution in [0.4, 0.5) is 19.0 Å². The molecule has 2 aromatic carbocycles. The maximum atomic E-state index is 17.0. The number of ether oxygens (including phenoxy) is 2. The van der Waals surface area contributed by atoms with Crippen molar-refractivity contribution in [2.24, 2.45) is 0 Å². The SMILES string of the molecule is C=Cc1c(F)ccc2cc(O)cc(-c3nc4c5c(nc(OC[C@@]67CCCN6C[C@H](F)C7)nc5c3F)N3CCC[C@@](C)(O)[C@H]3CO4)c12. The standard InChI is InChI=1S/C34H34F3N5O4/c1-3-21-23(36)7-6-18-12-20(43)13-22(25(18)21)28-27(37)29-26-30(42-11-4-8-33(2,44)24(42)16-45-31(26)38-28)40-32(39-29)46-17-34-9-5-10-41(34)15-19(35)14-34/h3,6-7,12-13,19,24,43-44H,1,4-5,8-11,14-17H2,2H3/t19-,24-,33-,34+/m1/s1. The fourth-order valence-electron chi connectivity index (χ4n) is 8.09. The summed E-state index contributed by atoms with van der Waals surface area (Å²) in [5, 5.41) is 23.0. The molecule has 0 aliphatic carbocycles. The molecule has 4 aromatic rings. The Bertz CT molecular complexity index is 1920. The van der Waals surface area contributed by atoms with Crippen LogP contribution in [0.1, 0.15) is 44.6 Å². The summed E-state index contributed by atoms with van der Waals surface area (Å²) in [7, 11) is 0. The Labute approximate surface area is 263 Å². The number of aromatic nitrogens is 3. The fourth-order valence-corrected chi connectivity index (χ4v) is 8.09. The summed E-state index contributed by atoms with van der Waals surface area (Å²) in [6.07, 6.45) is 3.64. The lowest BCUT2D eigenvalue weighted by Gasteiger charge is -2.44. The van der Waals surface area contributed by atoms with E-state index in [1.165, 1.54) is 30.3 Å². The monoisotopic (exact) mass is 633 g/mol. The molecule has 12 heteroatoms. The number of phenolic OH excluding ortho intramolecular Hbond substituents is 1. The molecule has 0 radical (unpaired) electrons. The molecular formula is C34H34F3N5O4. The van der Waals surface area contributed by atoms with E-state index in [4.69, 9.17) is 14.5 Å². The zero-order valence-corrected chi connectivity index (χ0v) is 25.4. The number of rotatable bonds is 5. The van der Waals surface area contributed by atoms with Gasteiger partial charge in [0.15, 0.2) is 5.82 Å². The highest BCUT2D eigenvalue weighted by atomic mass is 19.1. The largest absolute Gasteiger partial charge is 0.508 e. The number of piperidine rings is 1. The van der Waals surface area contributed by atoms with Crippen LogP contribution in [0.5, 0.6) is 17.6 Å². The van der Waals surface area contributed by atoms with E-state index in [0.29, 0.717) is 48.9 Å². The molecule has 3 saturated heterocycles. The van der Waals surface area contributed by atoms with E-state index < -0.39 is 35.0 Å². The van der Waals surface area contributed by atoms with E-state index in [0.717, 1.165) is 19.4 Å². The van der Waals surface area contributed by atoms with Crippen molar-refractivity contribution >= 4 is 33.6 Å². The van der Waals surface area contributed by atoms with Gasteiger partial charge in [0.05, 0.1) is 17.2 Å². The Morgan fingerprint density at radius 3 is 2.78 bits per heavy atom. The van der Waals surface area contributed by atoms with Gasteiger partial charge >= 0.3 is 6.01 Å².